The van der Waals surface area contributed by atoms with Crippen molar-refractivity contribution in [1.82, 2.24) is 10.2 Å². The molecule has 1 heterocycles. The Hall–Kier alpha value is -0.350. The lowest BCUT2D eigenvalue weighted by molar-refractivity contribution is 1.01. The molecule has 3 nitrogen and oxygen atoms in total. The lowest BCUT2D eigenvalue weighted by Gasteiger charge is -1.85. The van der Waals surface area contributed by atoms with Gasteiger partial charge in [0.25, 0.3) is 0 Å². The van der Waals surface area contributed by atoms with E-state index in [-0.39, 0.29) is 0 Å². The maximum Gasteiger partial charge on any atom is 0.139 e. The summed E-state index contributed by atoms with van der Waals surface area (Å²) in [4.78, 5) is 0. The molecule has 0 amide bonds. The summed E-state index contributed by atoms with van der Waals surface area (Å²) >= 11 is 7.13. The van der Waals surface area contributed by atoms with Crippen molar-refractivity contribution >= 4 is 29.2 Å². The lowest BCUT2D eigenvalue weighted by Crippen LogP contribution is -1.82. The van der Waals surface area contributed by atoms with Gasteiger partial charge in [0.1, 0.15) is 15.9 Å². The van der Waals surface area contributed by atoms with E-state index in [2.05, 4.69) is 10.2 Å². The molecule has 3 N–H and O–H groups in total. The molecule has 0 aliphatic carbocycles. The minimum atomic E-state index is 0.431. The summed E-state index contributed by atoms with van der Waals surface area (Å²) in [5.74, 6) is 0.431. The smallest absolute Gasteiger partial charge is 0.139 e. The van der Waals surface area contributed by atoms with Crippen LogP contribution >= 0.6 is 23.4 Å². The molecule has 0 fully saturated rings. The van der Waals surface area contributed by atoms with E-state index in [0.717, 1.165) is 5.03 Å². The maximum absolute atomic E-state index is 5.67. The van der Waals surface area contributed by atoms with E-state index in [1.54, 1.807) is 0 Å². The predicted octanol–water partition coefficient (Wildman–Crippen LogP) is 1.37. The highest BCUT2D eigenvalue weighted by atomic mass is 35.5. The zero-order chi connectivity index (χ0) is 6.85. The summed E-state index contributed by atoms with van der Waals surface area (Å²) in [7, 11) is 0. The van der Waals surface area contributed by atoms with Gasteiger partial charge in [0.15, 0.2) is 0 Å². The fraction of sp³-hybridized carbons (Fsp3) is 0.250. The van der Waals surface area contributed by atoms with Gasteiger partial charge in [-0.2, -0.15) is 5.10 Å². The molecule has 0 unspecified atom stereocenters. The molecule has 1 aromatic rings. The summed E-state index contributed by atoms with van der Waals surface area (Å²) in [6.45, 7) is 0. The third kappa shape index (κ3) is 1.14. The topological polar surface area (TPSA) is 54.7 Å². The number of hydrogen-bond acceptors (Lipinski definition) is 3. The third-order valence-corrected chi connectivity index (χ3v) is 2.07. The zero-order valence-corrected chi connectivity index (χ0v) is 6.38. The van der Waals surface area contributed by atoms with Crippen LogP contribution in [0, 0.1) is 0 Å². The van der Waals surface area contributed by atoms with Crippen LogP contribution in [0.15, 0.2) is 5.03 Å². The molecular formula is C4H6ClN3S. The molecule has 0 saturated carbocycles. The van der Waals surface area contributed by atoms with Crippen molar-refractivity contribution < 1.29 is 0 Å². The number of H-pyrrole nitrogens is 1. The molecule has 1 rings (SSSR count). The monoisotopic (exact) mass is 163 g/mol. The van der Waals surface area contributed by atoms with Crippen molar-refractivity contribution in [2.75, 3.05) is 12.0 Å². The van der Waals surface area contributed by atoms with Crippen LogP contribution < -0.4 is 5.73 Å². The molecule has 0 aliphatic heterocycles. The Balaban J connectivity index is 3.04. The molecule has 0 bridgehead atoms. The summed E-state index contributed by atoms with van der Waals surface area (Å²) < 4.78 is 0. The molecule has 5 heteroatoms. The van der Waals surface area contributed by atoms with Crippen LogP contribution in [-0.4, -0.2) is 16.5 Å². The number of aromatic amines is 1. The Labute approximate surface area is 62.0 Å². The van der Waals surface area contributed by atoms with E-state index >= 15 is 0 Å². The van der Waals surface area contributed by atoms with Crippen LogP contribution in [0.1, 0.15) is 0 Å². The molecular weight excluding hydrogens is 158 g/mol. The third-order valence-electron chi connectivity index (χ3n) is 0.895. The highest BCUT2D eigenvalue weighted by molar-refractivity contribution is 7.98. The van der Waals surface area contributed by atoms with Gasteiger partial charge in [-0.3, -0.25) is 5.10 Å². The van der Waals surface area contributed by atoms with Crippen molar-refractivity contribution in [3.05, 3.63) is 5.02 Å². The quantitative estimate of drug-likeness (QED) is 0.615. The van der Waals surface area contributed by atoms with E-state index in [9.17, 15) is 0 Å². The first kappa shape index (κ1) is 6.77. The zero-order valence-electron chi connectivity index (χ0n) is 4.81. The van der Waals surface area contributed by atoms with E-state index < -0.39 is 0 Å². The van der Waals surface area contributed by atoms with Gasteiger partial charge in [-0.1, -0.05) is 11.6 Å². The number of nitrogen functional groups attached to an aromatic ring is 1. The first-order valence-corrected chi connectivity index (χ1v) is 3.89. The minimum absolute atomic E-state index is 0.431. The number of nitrogens with two attached hydrogens (primary N) is 1. The number of thioether (sulfide) groups is 1. The molecule has 9 heavy (non-hydrogen) atoms. The van der Waals surface area contributed by atoms with Crippen molar-refractivity contribution in [2.24, 2.45) is 0 Å². The average molecular weight is 164 g/mol. The largest absolute Gasteiger partial charge is 0.383 e. The normalized spacial score (nSPS) is 10.0. The van der Waals surface area contributed by atoms with E-state index in [0.29, 0.717) is 10.8 Å². The second-order valence-corrected chi connectivity index (χ2v) is 2.63. The molecule has 0 atom stereocenters. The van der Waals surface area contributed by atoms with Crippen molar-refractivity contribution in [1.29, 1.82) is 0 Å². The summed E-state index contributed by atoms with van der Waals surface area (Å²) in [6, 6.07) is 0. The van der Waals surface area contributed by atoms with Crippen LogP contribution in [0.5, 0.6) is 0 Å². The van der Waals surface area contributed by atoms with E-state index in [1.165, 1.54) is 11.8 Å². The number of halogens is 1. The van der Waals surface area contributed by atoms with Gasteiger partial charge in [0.05, 0.1) is 0 Å². The number of rotatable bonds is 1. The van der Waals surface area contributed by atoms with Gasteiger partial charge in [-0.25, -0.2) is 0 Å². The summed E-state index contributed by atoms with van der Waals surface area (Å²) in [5, 5.41) is 7.64. The van der Waals surface area contributed by atoms with Crippen molar-refractivity contribution in [3.8, 4) is 0 Å². The highest BCUT2D eigenvalue weighted by Gasteiger charge is 2.04. The first-order chi connectivity index (χ1) is 4.25. The van der Waals surface area contributed by atoms with Gasteiger partial charge < -0.3 is 5.73 Å². The Kier molecular flexibility index (Phi) is 1.87. The Morgan fingerprint density at radius 3 is 2.67 bits per heavy atom. The standard InChI is InChI=1S/C4H6ClN3S/c1-9-4-2(5)3(6)7-8-4/h1H3,(H3,6,7,8). The van der Waals surface area contributed by atoms with Gasteiger partial charge >= 0.3 is 0 Å². The molecule has 0 spiro atoms. The molecule has 50 valence electrons. The number of aromatic nitrogens is 2. The minimum Gasteiger partial charge on any atom is -0.383 e. The Bertz CT molecular complexity index is 210. The SMILES string of the molecule is CSc1n[nH]c(N)c1Cl. The second kappa shape index (κ2) is 2.49. The Morgan fingerprint density at radius 2 is 2.44 bits per heavy atom. The van der Waals surface area contributed by atoms with Gasteiger partial charge in [-0.15, -0.1) is 11.8 Å². The Morgan fingerprint density at radius 1 is 1.78 bits per heavy atom. The first-order valence-electron chi connectivity index (χ1n) is 2.29. The highest BCUT2D eigenvalue weighted by Crippen LogP contribution is 2.26. The average Bonchev–Trinajstić information content (AvgIpc) is 2.15. The van der Waals surface area contributed by atoms with Crippen LogP contribution in [0.4, 0.5) is 5.82 Å². The van der Waals surface area contributed by atoms with Crippen molar-refractivity contribution in [2.45, 2.75) is 5.03 Å². The fourth-order valence-electron chi connectivity index (χ4n) is 0.460. The van der Waals surface area contributed by atoms with Crippen LogP contribution in [-0.2, 0) is 0 Å². The lowest BCUT2D eigenvalue weighted by atomic mass is 10.7. The maximum atomic E-state index is 5.67. The number of nitrogens with one attached hydrogen (secondary N) is 1. The summed E-state index contributed by atoms with van der Waals surface area (Å²) in [6.07, 6.45) is 1.89. The molecule has 0 radical (unpaired) electrons. The molecule has 1 aromatic heterocycles. The van der Waals surface area contributed by atoms with E-state index in [1.807, 2.05) is 6.26 Å². The molecule has 0 saturated heterocycles. The summed E-state index contributed by atoms with van der Waals surface area (Å²) in [5.41, 5.74) is 5.35. The van der Waals surface area contributed by atoms with Crippen molar-refractivity contribution in [3.63, 3.8) is 0 Å². The van der Waals surface area contributed by atoms with Crippen LogP contribution in [0.3, 0.4) is 0 Å². The van der Waals surface area contributed by atoms with Crippen LogP contribution in [0.2, 0.25) is 5.02 Å². The number of anilines is 1. The van der Waals surface area contributed by atoms with Gasteiger partial charge in [0, 0.05) is 0 Å². The second-order valence-electron chi connectivity index (χ2n) is 1.46. The van der Waals surface area contributed by atoms with Gasteiger partial charge in [-0.05, 0) is 6.26 Å². The van der Waals surface area contributed by atoms with E-state index in [4.69, 9.17) is 17.3 Å². The van der Waals surface area contributed by atoms with Gasteiger partial charge in [0.2, 0.25) is 0 Å². The number of nitrogens with zero attached hydrogens (tertiary/aromatic N) is 1. The predicted molar refractivity (Wildman–Crippen MR) is 39.8 cm³/mol. The van der Waals surface area contributed by atoms with Crippen LogP contribution in [0.25, 0.3) is 0 Å². The number of hydrogen-bond donors (Lipinski definition) is 2. The molecule has 0 aliphatic rings. The molecule has 0 aromatic carbocycles. The fourth-order valence-corrected chi connectivity index (χ4v) is 1.20.